The van der Waals surface area contributed by atoms with E-state index in [4.69, 9.17) is 4.74 Å². The number of esters is 1. The molecule has 0 heterocycles. The maximum absolute atomic E-state index is 13.5. The Hall–Kier alpha value is -1.85. The van der Waals surface area contributed by atoms with Crippen molar-refractivity contribution in [1.82, 2.24) is 10.2 Å². The Bertz CT molecular complexity index is 628. The van der Waals surface area contributed by atoms with Crippen LogP contribution in [0.1, 0.15) is 80.6 Å². The van der Waals surface area contributed by atoms with Crippen molar-refractivity contribution in [3.05, 3.63) is 11.6 Å². The largest absolute Gasteiger partial charge is 0.463 e. The van der Waals surface area contributed by atoms with Crippen LogP contribution < -0.4 is 5.32 Å². The third-order valence-electron chi connectivity index (χ3n) is 5.87. The summed E-state index contributed by atoms with van der Waals surface area (Å²) >= 11 is 0. The second-order valence-corrected chi connectivity index (χ2v) is 9.90. The first-order valence-electron chi connectivity index (χ1n) is 11.3. The van der Waals surface area contributed by atoms with Crippen LogP contribution in [0.3, 0.4) is 0 Å². The van der Waals surface area contributed by atoms with Crippen molar-refractivity contribution in [3.63, 3.8) is 0 Å². The van der Waals surface area contributed by atoms with Gasteiger partial charge in [-0.15, -0.1) is 0 Å². The lowest BCUT2D eigenvalue weighted by molar-refractivity contribution is -0.141. The zero-order valence-corrected chi connectivity index (χ0v) is 20.2. The van der Waals surface area contributed by atoms with E-state index < -0.39 is 11.5 Å². The number of hydrogen-bond acceptors (Lipinski definition) is 4. The molecule has 1 fully saturated rings. The predicted molar refractivity (Wildman–Crippen MR) is 120 cm³/mol. The number of nitrogens with zero attached hydrogens (tertiary/aromatic N) is 1. The molecule has 0 unspecified atom stereocenters. The molecule has 0 bridgehead atoms. The standard InChI is InChI=1S/C24H42N2O4/c1-9-30-23(29)17(4)15-19(16(2)3)26(8)22(28)20(24(5,6)7)25-21(27)18-13-11-10-12-14-18/h15-16,18-20H,9-14H2,1-8H3,(H,25,27)/t19-,20-/m1/s1. The summed E-state index contributed by atoms with van der Waals surface area (Å²) in [7, 11) is 1.74. The summed E-state index contributed by atoms with van der Waals surface area (Å²) < 4.78 is 5.08. The third kappa shape index (κ3) is 7.44. The van der Waals surface area contributed by atoms with E-state index in [1.54, 1.807) is 31.9 Å². The third-order valence-corrected chi connectivity index (χ3v) is 5.87. The van der Waals surface area contributed by atoms with Crippen LogP contribution in [0.15, 0.2) is 11.6 Å². The van der Waals surface area contributed by atoms with Crippen molar-refractivity contribution in [2.75, 3.05) is 13.7 Å². The minimum Gasteiger partial charge on any atom is -0.463 e. The molecule has 6 nitrogen and oxygen atoms in total. The molecule has 0 spiro atoms. The molecule has 0 aromatic rings. The zero-order valence-electron chi connectivity index (χ0n) is 20.2. The second-order valence-electron chi connectivity index (χ2n) is 9.90. The van der Waals surface area contributed by atoms with E-state index in [9.17, 15) is 14.4 Å². The Labute approximate surface area is 182 Å². The molecule has 1 aliphatic rings. The number of carbonyl (C=O) groups excluding carboxylic acids is 3. The molecule has 2 amide bonds. The van der Waals surface area contributed by atoms with Gasteiger partial charge in [-0.3, -0.25) is 9.59 Å². The average molecular weight is 423 g/mol. The maximum Gasteiger partial charge on any atom is 0.333 e. The van der Waals surface area contributed by atoms with Crippen molar-refractivity contribution < 1.29 is 19.1 Å². The Balaban J connectivity index is 3.06. The van der Waals surface area contributed by atoms with Gasteiger partial charge >= 0.3 is 5.97 Å². The Morgan fingerprint density at radius 1 is 1.13 bits per heavy atom. The van der Waals surface area contributed by atoms with E-state index in [0.29, 0.717) is 12.2 Å². The van der Waals surface area contributed by atoms with Crippen LogP contribution in [0.25, 0.3) is 0 Å². The Morgan fingerprint density at radius 3 is 2.17 bits per heavy atom. The molecule has 1 aliphatic carbocycles. The number of carbonyl (C=O) groups is 3. The molecular weight excluding hydrogens is 380 g/mol. The number of rotatable bonds is 8. The molecule has 172 valence electrons. The Kier molecular flexibility index (Phi) is 10.1. The molecule has 0 saturated heterocycles. The first kappa shape index (κ1) is 26.2. The van der Waals surface area contributed by atoms with Crippen LogP contribution in [0.2, 0.25) is 0 Å². The van der Waals surface area contributed by atoms with Crippen molar-refractivity contribution in [2.24, 2.45) is 17.3 Å². The highest BCUT2D eigenvalue weighted by Crippen LogP contribution is 2.27. The van der Waals surface area contributed by atoms with Crippen LogP contribution in [-0.4, -0.2) is 48.4 Å². The molecule has 0 aromatic heterocycles. The van der Waals surface area contributed by atoms with E-state index in [0.717, 1.165) is 25.7 Å². The maximum atomic E-state index is 13.5. The second kappa shape index (κ2) is 11.5. The first-order chi connectivity index (χ1) is 13.9. The van der Waals surface area contributed by atoms with Gasteiger partial charge in [0.25, 0.3) is 0 Å². The van der Waals surface area contributed by atoms with Gasteiger partial charge in [-0.05, 0) is 38.0 Å². The molecule has 1 saturated carbocycles. The monoisotopic (exact) mass is 422 g/mol. The quantitative estimate of drug-likeness (QED) is 0.472. The van der Waals surface area contributed by atoms with Crippen LogP contribution in [-0.2, 0) is 19.1 Å². The summed E-state index contributed by atoms with van der Waals surface area (Å²) in [6.45, 7) is 13.7. The normalized spacial score (nSPS) is 18.0. The number of nitrogens with one attached hydrogen (secondary N) is 1. The van der Waals surface area contributed by atoms with Crippen LogP contribution in [0.5, 0.6) is 0 Å². The van der Waals surface area contributed by atoms with Gasteiger partial charge in [0, 0.05) is 18.5 Å². The highest BCUT2D eigenvalue weighted by atomic mass is 16.5. The molecule has 6 heteroatoms. The predicted octanol–water partition coefficient (Wildman–Crippen LogP) is 4.09. The van der Waals surface area contributed by atoms with E-state index in [2.05, 4.69) is 5.32 Å². The van der Waals surface area contributed by atoms with Crippen LogP contribution >= 0.6 is 0 Å². The lowest BCUT2D eigenvalue weighted by atomic mass is 9.83. The summed E-state index contributed by atoms with van der Waals surface area (Å²) in [5.41, 5.74) is 0.0469. The minimum atomic E-state index is -0.630. The van der Waals surface area contributed by atoms with Crippen molar-refractivity contribution >= 4 is 17.8 Å². The van der Waals surface area contributed by atoms with Crippen LogP contribution in [0.4, 0.5) is 0 Å². The molecular formula is C24H42N2O4. The molecule has 0 radical (unpaired) electrons. The van der Waals surface area contributed by atoms with Crippen LogP contribution in [0, 0.1) is 17.3 Å². The molecule has 30 heavy (non-hydrogen) atoms. The van der Waals surface area contributed by atoms with Gasteiger partial charge in [0.1, 0.15) is 6.04 Å². The van der Waals surface area contributed by atoms with E-state index in [1.807, 2.05) is 34.6 Å². The number of ether oxygens (including phenoxy) is 1. The molecule has 0 aliphatic heterocycles. The number of likely N-dealkylation sites (N-methyl/N-ethyl adjacent to an activating group) is 1. The Morgan fingerprint density at radius 2 is 1.70 bits per heavy atom. The van der Waals surface area contributed by atoms with E-state index in [-0.39, 0.29) is 35.7 Å². The van der Waals surface area contributed by atoms with Gasteiger partial charge in [-0.1, -0.05) is 60.0 Å². The highest BCUT2D eigenvalue weighted by molar-refractivity contribution is 5.90. The minimum absolute atomic E-state index is 0.00597. The van der Waals surface area contributed by atoms with Gasteiger partial charge in [-0.25, -0.2) is 4.79 Å². The fraction of sp³-hybridized carbons (Fsp3) is 0.792. The smallest absolute Gasteiger partial charge is 0.333 e. The molecule has 2 atom stereocenters. The number of hydrogen-bond donors (Lipinski definition) is 1. The van der Waals surface area contributed by atoms with Crippen molar-refractivity contribution in [3.8, 4) is 0 Å². The van der Waals surface area contributed by atoms with E-state index in [1.165, 1.54) is 6.42 Å². The average Bonchev–Trinajstić information content (AvgIpc) is 2.68. The molecule has 1 rings (SSSR count). The summed E-state index contributed by atoms with van der Waals surface area (Å²) in [5, 5.41) is 3.06. The SMILES string of the molecule is CCOC(=O)C(C)=C[C@H](C(C)C)N(C)C(=O)[C@@H](NC(=O)C1CCCCC1)C(C)(C)C. The summed E-state index contributed by atoms with van der Waals surface area (Å²) in [5.74, 6) is -0.442. The van der Waals surface area contributed by atoms with E-state index >= 15 is 0 Å². The van der Waals surface area contributed by atoms with Gasteiger partial charge in [0.05, 0.1) is 12.6 Å². The topological polar surface area (TPSA) is 75.7 Å². The van der Waals surface area contributed by atoms with Gasteiger partial charge in [-0.2, -0.15) is 0 Å². The fourth-order valence-electron chi connectivity index (χ4n) is 3.94. The molecule has 0 aromatic carbocycles. The number of amides is 2. The lowest BCUT2D eigenvalue weighted by Crippen LogP contribution is -2.57. The van der Waals surface area contributed by atoms with Gasteiger partial charge < -0.3 is 15.0 Å². The lowest BCUT2D eigenvalue weighted by Gasteiger charge is -2.38. The summed E-state index contributed by atoms with van der Waals surface area (Å²) in [4.78, 5) is 40.1. The van der Waals surface area contributed by atoms with Crippen molar-refractivity contribution in [2.45, 2.75) is 92.7 Å². The van der Waals surface area contributed by atoms with Crippen molar-refractivity contribution in [1.29, 1.82) is 0 Å². The highest BCUT2D eigenvalue weighted by Gasteiger charge is 2.38. The van der Waals surface area contributed by atoms with Gasteiger partial charge in [0.15, 0.2) is 0 Å². The summed E-state index contributed by atoms with van der Waals surface area (Å²) in [6.07, 6.45) is 6.89. The summed E-state index contributed by atoms with van der Waals surface area (Å²) in [6, 6.07) is -0.909. The van der Waals surface area contributed by atoms with Gasteiger partial charge in [0.2, 0.25) is 11.8 Å². The first-order valence-corrected chi connectivity index (χ1v) is 11.3. The fourth-order valence-corrected chi connectivity index (χ4v) is 3.94. The molecule has 1 N–H and O–H groups in total. The zero-order chi connectivity index (χ0) is 23.1.